The fourth-order valence-corrected chi connectivity index (χ4v) is 1.12. The van der Waals surface area contributed by atoms with Crippen LogP contribution in [0.3, 0.4) is 0 Å². The first-order chi connectivity index (χ1) is 7.29. The zero-order valence-electron chi connectivity index (χ0n) is 9.58. The van der Waals surface area contributed by atoms with Crippen LogP contribution in [0.4, 0.5) is 15.8 Å². The molecule has 0 atom stereocenters. The molecule has 16 heavy (non-hydrogen) atoms. The van der Waals surface area contributed by atoms with Gasteiger partial charge in [-0.15, -0.1) is 0 Å². The molecule has 0 spiro atoms. The highest BCUT2D eigenvalue weighted by molar-refractivity contribution is 5.52. The fraction of sp³-hybridized carbons (Fsp3) is 0.455. The number of nitrogens with zero attached hydrogens (tertiary/aromatic N) is 1. The van der Waals surface area contributed by atoms with Gasteiger partial charge in [0, 0.05) is 18.7 Å². The summed E-state index contributed by atoms with van der Waals surface area (Å²) in [6.45, 7) is 6.53. The minimum Gasteiger partial charge on any atom is -0.382 e. The van der Waals surface area contributed by atoms with Crippen molar-refractivity contribution in [3.63, 3.8) is 0 Å². The molecule has 0 heterocycles. The molecule has 0 aliphatic carbocycles. The SMILES string of the molecule is CC(C)(C)CNc1cc([N+](=O)[O-])ccc1F. The van der Waals surface area contributed by atoms with Crippen LogP contribution < -0.4 is 5.32 Å². The number of halogens is 1. The zero-order chi connectivity index (χ0) is 12.3. The maximum atomic E-state index is 13.3. The van der Waals surface area contributed by atoms with Gasteiger partial charge in [-0.25, -0.2) is 4.39 Å². The molecule has 0 aromatic heterocycles. The van der Waals surface area contributed by atoms with Crippen LogP contribution in [0, 0.1) is 21.3 Å². The van der Waals surface area contributed by atoms with E-state index in [0.29, 0.717) is 6.54 Å². The van der Waals surface area contributed by atoms with Crippen molar-refractivity contribution in [2.24, 2.45) is 5.41 Å². The molecule has 1 aromatic rings. The average molecular weight is 226 g/mol. The number of hydrogen-bond acceptors (Lipinski definition) is 3. The van der Waals surface area contributed by atoms with E-state index in [4.69, 9.17) is 0 Å². The molecule has 1 rings (SSSR count). The molecule has 0 saturated heterocycles. The van der Waals surface area contributed by atoms with E-state index in [9.17, 15) is 14.5 Å². The predicted molar refractivity (Wildman–Crippen MR) is 61.0 cm³/mol. The molecule has 0 unspecified atom stereocenters. The Hall–Kier alpha value is -1.65. The van der Waals surface area contributed by atoms with Crippen LogP contribution in [0.5, 0.6) is 0 Å². The number of nitrogens with one attached hydrogen (secondary N) is 1. The Labute approximate surface area is 93.6 Å². The number of nitro groups is 1. The number of benzene rings is 1. The summed E-state index contributed by atoms with van der Waals surface area (Å²) < 4.78 is 13.3. The van der Waals surface area contributed by atoms with Crippen LogP contribution in [0.2, 0.25) is 0 Å². The summed E-state index contributed by atoms with van der Waals surface area (Å²) in [5.74, 6) is -0.477. The normalized spacial score (nSPS) is 11.2. The molecule has 0 aliphatic rings. The standard InChI is InChI=1S/C11H15FN2O2/c1-11(2,3)7-13-10-6-8(14(15)16)4-5-9(10)12/h4-6,13H,7H2,1-3H3. The van der Waals surface area contributed by atoms with Crippen molar-refractivity contribution in [2.45, 2.75) is 20.8 Å². The molecule has 0 fully saturated rings. The molecular weight excluding hydrogens is 211 g/mol. The Kier molecular flexibility index (Phi) is 3.47. The molecule has 88 valence electrons. The van der Waals surface area contributed by atoms with Gasteiger partial charge in [0.25, 0.3) is 5.69 Å². The van der Waals surface area contributed by atoms with Crippen LogP contribution >= 0.6 is 0 Å². The summed E-state index contributed by atoms with van der Waals surface area (Å²) in [4.78, 5) is 9.98. The van der Waals surface area contributed by atoms with Crippen LogP contribution in [-0.2, 0) is 0 Å². The van der Waals surface area contributed by atoms with Gasteiger partial charge in [-0.1, -0.05) is 20.8 Å². The van der Waals surface area contributed by atoms with Gasteiger partial charge in [-0.2, -0.15) is 0 Å². The van der Waals surface area contributed by atoms with Crippen molar-refractivity contribution in [3.8, 4) is 0 Å². The highest BCUT2D eigenvalue weighted by Crippen LogP contribution is 2.23. The van der Waals surface area contributed by atoms with Gasteiger partial charge in [0.15, 0.2) is 0 Å². The van der Waals surface area contributed by atoms with E-state index in [2.05, 4.69) is 5.32 Å². The molecule has 0 bridgehead atoms. The molecule has 4 nitrogen and oxygen atoms in total. The van der Waals surface area contributed by atoms with E-state index in [1.54, 1.807) is 0 Å². The lowest BCUT2D eigenvalue weighted by Crippen LogP contribution is -2.19. The minimum absolute atomic E-state index is 0.0168. The maximum absolute atomic E-state index is 13.3. The summed E-state index contributed by atoms with van der Waals surface area (Å²) in [6, 6.07) is 3.46. The minimum atomic E-state index is -0.540. The number of anilines is 1. The van der Waals surface area contributed by atoms with E-state index < -0.39 is 10.7 Å². The summed E-state index contributed by atoms with van der Waals surface area (Å²) >= 11 is 0. The molecule has 5 heteroatoms. The van der Waals surface area contributed by atoms with Crippen molar-refractivity contribution in [1.82, 2.24) is 0 Å². The number of nitro benzene ring substituents is 1. The number of non-ortho nitro benzene ring substituents is 1. The summed E-state index contributed by atoms with van der Waals surface area (Å²) in [5.41, 5.74) is 0.0405. The van der Waals surface area contributed by atoms with Crippen molar-refractivity contribution >= 4 is 11.4 Å². The second-order valence-electron chi connectivity index (χ2n) is 4.84. The Morgan fingerprint density at radius 2 is 2.06 bits per heavy atom. The average Bonchev–Trinajstić information content (AvgIpc) is 2.14. The molecule has 0 saturated carbocycles. The van der Waals surface area contributed by atoms with E-state index in [0.717, 1.165) is 12.1 Å². The van der Waals surface area contributed by atoms with Crippen LogP contribution in [-0.4, -0.2) is 11.5 Å². The first kappa shape index (κ1) is 12.4. The van der Waals surface area contributed by atoms with E-state index in [-0.39, 0.29) is 16.8 Å². The predicted octanol–water partition coefficient (Wildman–Crippen LogP) is 3.19. The van der Waals surface area contributed by atoms with Crippen molar-refractivity contribution < 1.29 is 9.31 Å². The van der Waals surface area contributed by atoms with E-state index in [1.807, 2.05) is 20.8 Å². The molecule has 0 aliphatic heterocycles. The highest BCUT2D eigenvalue weighted by atomic mass is 19.1. The van der Waals surface area contributed by atoms with Crippen LogP contribution in [0.25, 0.3) is 0 Å². The quantitative estimate of drug-likeness (QED) is 0.636. The van der Waals surface area contributed by atoms with Gasteiger partial charge in [-0.05, 0) is 11.5 Å². The Balaban J connectivity index is 2.86. The maximum Gasteiger partial charge on any atom is 0.271 e. The lowest BCUT2D eigenvalue weighted by atomic mass is 9.97. The summed E-state index contributed by atoms with van der Waals surface area (Å²) in [5, 5.41) is 13.4. The zero-order valence-corrected chi connectivity index (χ0v) is 9.58. The largest absolute Gasteiger partial charge is 0.382 e. The van der Waals surface area contributed by atoms with E-state index >= 15 is 0 Å². The van der Waals surface area contributed by atoms with Crippen molar-refractivity contribution in [2.75, 3.05) is 11.9 Å². The highest BCUT2D eigenvalue weighted by Gasteiger charge is 2.14. The lowest BCUT2D eigenvalue weighted by Gasteiger charge is -2.19. The molecule has 1 aromatic carbocycles. The van der Waals surface area contributed by atoms with Gasteiger partial charge in [0.1, 0.15) is 5.82 Å². The summed E-state index contributed by atoms with van der Waals surface area (Å²) in [6.07, 6.45) is 0. The molecular formula is C11H15FN2O2. The Morgan fingerprint density at radius 1 is 1.44 bits per heavy atom. The van der Waals surface area contributed by atoms with Gasteiger partial charge in [0.2, 0.25) is 0 Å². The first-order valence-electron chi connectivity index (χ1n) is 4.97. The van der Waals surface area contributed by atoms with Gasteiger partial charge >= 0.3 is 0 Å². The monoisotopic (exact) mass is 226 g/mol. The van der Waals surface area contributed by atoms with Crippen molar-refractivity contribution in [1.29, 1.82) is 0 Å². The molecule has 1 N–H and O–H groups in total. The van der Waals surface area contributed by atoms with Crippen LogP contribution in [0.15, 0.2) is 18.2 Å². The number of hydrogen-bond donors (Lipinski definition) is 1. The third kappa shape index (κ3) is 3.49. The van der Waals surface area contributed by atoms with Gasteiger partial charge < -0.3 is 5.32 Å². The van der Waals surface area contributed by atoms with Gasteiger partial charge in [-0.3, -0.25) is 10.1 Å². The second-order valence-corrected chi connectivity index (χ2v) is 4.84. The third-order valence-corrected chi connectivity index (χ3v) is 1.97. The molecule has 0 radical (unpaired) electrons. The Morgan fingerprint density at radius 3 is 2.56 bits per heavy atom. The molecule has 0 amide bonds. The smallest absolute Gasteiger partial charge is 0.271 e. The van der Waals surface area contributed by atoms with Gasteiger partial charge in [0.05, 0.1) is 10.6 Å². The Bertz CT molecular complexity index is 399. The second kappa shape index (κ2) is 4.47. The number of rotatable bonds is 3. The topological polar surface area (TPSA) is 55.2 Å². The van der Waals surface area contributed by atoms with Crippen LogP contribution in [0.1, 0.15) is 20.8 Å². The summed E-state index contributed by atoms with van der Waals surface area (Å²) in [7, 11) is 0. The first-order valence-corrected chi connectivity index (χ1v) is 4.97. The van der Waals surface area contributed by atoms with Crippen molar-refractivity contribution in [3.05, 3.63) is 34.1 Å². The lowest BCUT2D eigenvalue weighted by molar-refractivity contribution is -0.384. The third-order valence-electron chi connectivity index (χ3n) is 1.97. The fourth-order valence-electron chi connectivity index (χ4n) is 1.12. The van der Waals surface area contributed by atoms with E-state index in [1.165, 1.54) is 6.07 Å².